The molecule has 0 atom stereocenters. The number of nitrogens with zero attached hydrogens (tertiary/aromatic N) is 2. The Labute approximate surface area is 354 Å². The minimum absolute atomic E-state index is 0.119. The van der Waals surface area contributed by atoms with Gasteiger partial charge in [-0.25, -0.2) is 0 Å². The second-order valence-corrected chi connectivity index (χ2v) is 16.1. The third-order valence-corrected chi connectivity index (χ3v) is 12.1. The van der Waals surface area contributed by atoms with Gasteiger partial charge < -0.3 is 9.80 Å². The highest BCUT2D eigenvalue weighted by atomic mass is 15.1. The number of allylic oxidation sites excluding steroid dienone is 5. The van der Waals surface area contributed by atoms with Crippen LogP contribution in [0.25, 0.3) is 39.0 Å². The summed E-state index contributed by atoms with van der Waals surface area (Å²) in [5.41, 5.74) is 19.2. The molecule has 60 heavy (non-hydrogen) atoms. The second kappa shape index (κ2) is 15.7. The molecular weight excluding hydrogens is 725 g/mol. The van der Waals surface area contributed by atoms with Gasteiger partial charge in [-0.2, -0.15) is 0 Å². The first-order valence-electron chi connectivity index (χ1n) is 20.9. The van der Waals surface area contributed by atoms with E-state index in [-0.39, 0.29) is 5.41 Å². The van der Waals surface area contributed by atoms with Crippen molar-refractivity contribution in [3.8, 4) is 33.4 Å². The summed E-state index contributed by atoms with van der Waals surface area (Å²) in [5, 5.41) is 0. The van der Waals surface area contributed by atoms with Gasteiger partial charge in [-0.1, -0.05) is 178 Å². The largest absolute Gasteiger partial charge is 0.311 e. The number of benzene rings is 8. The lowest BCUT2D eigenvalue weighted by molar-refractivity contribution is 0.660. The van der Waals surface area contributed by atoms with Gasteiger partial charge in [0.1, 0.15) is 0 Å². The third-order valence-electron chi connectivity index (χ3n) is 12.1. The molecule has 0 heterocycles. The van der Waals surface area contributed by atoms with Crippen molar-refractivity contribution in [1.82, 2.24) is 0 Å². The van der Waals surface area contributed by atoms with Crippen molar-refractivity contribution in [3.63, 3.8) is 0 Å². The van der Waals surface area contributed by atoms with Crippen LogP contribution in [0.2, 0.25) is 0 Å². The Hall–Kier alpha value is -7.42. The molecule has 0 radical (unpaired) electrons. The smallest absolute Gasteiger partial charge is 0.0468 e. The Morgan fingerprint density at radius 1 is 0.350 bits per heavy atom. The van der Waals surface area contributed by atoms with Gasteiger partial charge in [0, 0.05) is 39.5 Å². The van der Waals surface area contributed by atoms with Crippen molar-refractivity contribution in [2.45, 2.75) is 25.7 Å². The number of hydrogen-bond acceptors (Lipinski definition) is 2. The van der Waals surface area contributed by atoms with Gasteiger partial charge in [0.2, 0.25) is 0 Å². The minimum atomic E-state index is -0.119. The fourth-order valence-corrected chi connectivity index (χ4v) is 9.08. The highest BCUT2D eigenvalue weighted by molar-refractivity contribution is 5.91. The molecule has 0 unspecified atom stereocenters. The first kappa shape index (κ1) is 36.9. The molecule has 0 aliphatic heterocycles. The summed E-state index contributed by atoms with van der Waals surface area (Å²) in [5.74, 6) is 0. The van der Waals surface area contributed by atoms with Crippen molar-refractivity contribution < 1.29 is 0 Å². The molecule has 0 bridgehead atoms. The summed E-state index contributed by atoms with van der Waals surface area (Å²) >= 11 is 0. The first-order chi connectivity index (χ1) is 29.5. The van der Waals surface area contributed by atoms with Crippen LogP contribution in [0, 0.1) is 0 Å². The molecule has 0 spiro atoms. The SMILES string of the molecule is CC1(C)c2ccccc2-c2ccc(N(c3ccc(-c4ccccc4)cc3)c3ccc(C4=CCC=C(N(c5ccccc5)c5ccccc5)C=C4)c(-c4ccccc4)c3)cc21. The van der Waals surface area contributed by atoms with Gasteiger partial charge in [0.15, 0.2) is 0 Å². The number of hydrogen-bond donors (Lipinski definition) is 0. The van der Waals surface area contributed by atoms with Crippen molar-refractivity contribution in [1.29, 1.82) is 0 Å². The predicted molar refractivity (Wildman–Crippen MR) is 254 cm³/mol. The Balaban J connectivity index is 1.08. The number of anilines is 5. The van der Waals surface area contributed by atoms with E-state index in [1.807, 2.05) is 0 Å². The highest BCUT2D eigenvalue weighted by Crippen LogP contribution is 2.51. The quantitative estimate of drug-likeness (QED) is 0.144. The van der Waals surface area contributed by atoms with E-state index in [1.165, 1.54) is 55.6 Å². The van der Waals surface area contributed by atoms with E-state index in [0.717, 1.165) is 40.6 Å². The van der Waals surface area contributed by atoms with Crippen molar-refractivity contribution in [3.05, 3.63) is 253 Å². The summed E-state index contributed by atoms with van der Waals surface area (Å²) in [4.78, 5) is 4.77. The van der Waals surface area contributed by atoms with E-state index >= 15 is 0 Å². The normalized spacial score (nSPS) is 13.7. The van der Waals surface area contributed by atoms with Crippen molar-refractivity contribution in [2.75, 3.05) is 9.80 Å². The standard InChI is InChI=1S/C58H46N2/c1-58(2)56-29-16-15-28-53(56)54-39-37-51(41-57(54)58)60(49-33-30-43(31-34-49)42-18-7-3-8-19-42)50-36-38-52(55(40-50)44-20-9-4-10-21-44)45-22-17-27-48(35-32-45)59(46-23-11-5-12-24-46)47-25-13-6-14-26-47/h3-16,18-41H,17H2,1-2H3. The lowest BCUT2D eigenvalue weighted by atomic mass is 9.82. The third kappa shape index (κ3) is 6.86. The average Bonchev–Trinajstić information content (AvgIpc) is 3.41. The number of fused-ring (bicyclic) bond motifs is 3. The summed E-state index contributed by atoms with van der Waals surface area (Å²) < 4.78 is 0. The Morgan fingerprint density at radius 2 is 0.850 bits per heavy atom. The van der Waals surface area contributed by atoms with E-state index < -0.39 is 0 Å². The molecule has 8 aromatic rings. The Morgan fingerprint density at radius 3 is 1.52 bits per heavy atom. The lowest BCUT2D eigenvalue weighted by Gasteiger charge is -2.29. The van der Waals surface area contributed by atoms with Gasteiger partial charge in [0.05, 0.1) is 0 Å². The van der Waals surface area contributed by atoms with Crippen molar-refractivity contribution in [2.24, 2.45) is 0 Å². The van der Waals surface area contributed by atoms with Gasteiger partial charge in [-0.3, -0.25) is 0 Å². The minimum Gasteiger partial charge on any atom is -0.311 e. The summed E-state index contributed by atoms with van der Waals surface area (Å²) in [6.45, 7) is 4.71. The first-order valence-corrected chi connectivity index (χ1v) is 20.9. The van der Waals surface area contributed by atoms with Crippen LogP contribution in [0.15, 0.2) is 236 Å². The van der Waals surface area contributed by atoms with E-state index in [2.05, 4.69) is 254 Å². The van der Waals surface area contributed by atoms with E-state index in [4.69, 9.17) is 0 Å². The van der Waals surface area contributed by atoms with E-state index in [1.54, 1.807) is 0 Å². The van der Waals surface area contributed by atoms with Crippen LogP contribution < -0.4 is 9.80 Å². The zero-order chi connectivity index (χ0) is 40.5. The monoisotopic (exact) mass is 770 g/mol. The van der Waals surface area contributed by atoms with Crippen molar-refractivity contribution >= 4 is 34.0 Å². The summed E-state index contributed by atoms with van der Waals surface area (Å²) in [6, 6.07) is 74.7. The molecule has 0 aromatic heterocycles. The van der Waals surface area contributed by atoms with Gasteiger partial charge in [-0.15, -0.1) is 0 Å². The molecule has 2 heteroatoms. The average molecular weight is 771 g/mol. The number of para-hydroxylation sites is 2. The van der Waals surface area contributed by atoms with E-state index in [0.29, 0.717) is 0 Å². The molecular formula is C58H46N2. The molecule has 2 aliphatic carbocycles. The van der Waals surface area contributed by atoms with Crippen LogP contribution >= 0.6 is 0 Å². The molecule has 288 valence electrons. The fourth-order valence-electron chi connectivity index (χ4n) is 9.08. The van der Waals surface area contributed by atoms with Crippen LogP contribution in [0.3, 0.4) is 0 Å². The van der Waals surface area contributed by atoms with Crippen LogP contribution in [-0.2, 0) is 5.41 Å². The van der Waals surface area contributed by atoms with Gasteiger partial charge in [0.25, 0.3) is 0 Å². The molecule has 0 amide bonds. The van der Waals surface area contributed by atoms with Crippen LogP contribution in [0.1, 0.15) is 37.0 Å². The topological polar surface area (TPSA) is 6.48 Å². The Bertz CT molecular complexity index is 2850. The van der Waals surface area contributed by atoms with Gasteiger partial charge in [-0.05, 0) is 129 Å². The molecule has 0 saturated heterocycles. The molecule has 2 nitrogen and oxygen atoms in total. The molecule has 10 rings (SSSR count). The predicted octanol–water partition coefficient (Wildman–Crippen LogP) is 15.9. The zero-order valence-electron chi connectivity index (χ0n) is 34.0. The molecule has 8 aromatic carbocycles. The number of rotatable bonds is 9. The fraction of sp³-hybridized carbons (Fsp3) is 0.0690. The molecule has 0 fully saturated rings. The maximum atomic E-state index is 2.43. The second-order valence-electron chi connectivity index (χ2n) is 16.1. The zero-order valence-corrected chi connectivity index (χ0v) is 34.0. The van der Waals surface area contributed by atoms with Crippen LogP contribution in [0.4, 0.5) is 28.4 Å². The maximum absolute atomic E-state index is 2.43. The summed E-state index contributed by atoms with van der Waals surface area (Å²) in [6.07, 6.45) is 10.1. The van der Waals surface area contributed by atoms with Gasteiger partial charge >= 0.3 is 0 Å². The lowest BCUT2D eigenvalue weighted by Crippen LogP contribution is -2.16. The van der Waals surface area contributed by atoms with E-state index in [9.17, 15) is 0 Å². The Kier molecular flexibility index (Phi) is 9.67. The molecule has 0 N–H and O–H groups in total. The maximum Gasteiger partial charge on any atom is 0.0468 e. The summed E-state index contributed by atoms with van der Waals surface area (Å²) in [7, 11) is 0. The highest BCUT2D eigenvalue weighted by Gasteiger charge is 2.35. The molecule has 0 saturated carbocycles. The molecule has 2 aliphatic rings. The van der Waals surface area contributed by atoms with Crippen LogP contribution in [0.5, 0.6) is 0 Å². The van der Waals surface area contributed by atoms with Crippen LogP contribution in [-0.4, -0.2) is 0 Å².